The van der Waals surface area contributed by atoms with Crippen LogP contribution in [0.15, 0.2) is 59.6 Å². The minimum Gasteiger partial charge on any atom is -0.494 e. The first-order valence-electron chi connectivity index (χ1n) is 13.2. The van der Waals surface area contributed by atoms with E-state index in [4.69, 9.17) is 9.73 Å². The van der Waals surface area contributed by atoms with Gasteiger partial charge in [0.15, 0.2) is 0 Å². The van der Waals surface area contributed by atoms with Crippen molar-refractivity contribution in [1.82, 2.24) is 0 Å². The number of aliphatic imine (C=N–C) groups is 1. The summed E-state index contributed by atoms with van der Waals surface area (Å²) in [7, 11) is 0. The van der Waals surface area contributed by atoms with Crippen LogP contribution in [0, 0.1) is 11.8 Å². The molecule has 0 saturated carbocycles. The lowest BCUT2D eigenvalue weighted by atomic mass is 9.93. The van der Waals surface area contributed by atoms with Crippen LogP contribution < -0.4 is 4.74 Å². The Morgan fingerprint density at radius 1 is 0.914 bits per heavy atom. The van der Waals surface area contributed by atoms with Crippen LogP contribution in [0.1, 0.15) is 89.8 Å². The lowest BCUT2D eigenvalue weighted by molar-refractivity contribution is -0.141. The molecule has 4 nitrogen and oxygen atoms in total. The number of hydrogen-bond acceptors (Lipinski definition) is 3. The second kappa shape index (κ2) is 15.2. The molecule has 0 aliphatic heterocycles. The molecule has 2 atom stereocenters. The van der Waals surface area contributed by atoms with Gasteiger partial charge in [0, 0.05) is 5.56 Å². The number of nitrogens with zero attached hydrogens (tertiary/aromatic N) is 1. The minimum absolute atomic E-state index is 0.295. The molecule has 4 heteroatoms. The van der Waals surface area contributed by atoms with Gasteiger partial charge in [-0.15, -0.1) is 0 Å². The zero-order chi connectivity index (χ0) is 25.6. The van der Waals surface area contributed by atoms with Crippen LogP contribution in [0.2, 0.25) is 0 Å². The van der Waals surface area contributed by atoms with Crippen LogP contribution >= 0.6 is 0 Å². The first kappa shape index (κ1) is 28.4. The molecule has 0 fully saturated rings. The molecule has 0 bridgehead atoms. The van der Waals surface area contributed by atoms with Gasteiger partial charge in [0.05, 0.1) is 23.9 Å². The third-order valence-electron chi connectivity index (χ3n) is 6.47. The van der Waals surface area contributed by atoms with Crippen LogP contribution in [0.5, 0.6) is 5.75 Å². The van der Waals surface area contributed by atoms with Crippen LogP contribution in [0.25, 0.3) is 5.70 Å². The van der Waals surface area contributed by atoms with Crippen LogP contribution in [-0.4, -0.2) is 23.4 Å². The Labute approximate surface area is 212 Å². The monoisotopic (exact) mass is 477 g/mol. The Morgan fingerprint density at radius 3 is 2.11 bits per heavy atom. The van der Waals surface area contributed by atoms with E-state index in [1.54, 1.807) is 6.92 Å². The lowest BCUT2D eigenvalue weighted by Crippen LogP contribution is -2.14. The lowest BCUT2D eigenvalue weighted by Gasteiger charge is -2.16. The third kappa shape index (κ3) is 9.35. The number of hydrogen-bond donors (Lipinski definition) is 1. The average molecular weight is 478 g/mol. The third-order valence-corrected chi connectivity index (χ3v) is 6.47. The van der Waals surface area contributed by atoms with Gasteiger partial charge in [-0.05, 0) is 67.5 Å². The summed E-state index contributed by atoms with van der Waals surface area (Å²) in [5.41, 5.74) is 5.16. The molecule has 0 aliphatic rings. The van der Waals surface area contributed by atoms with Crippen LogP contribution in [0.4, 0.5) is 0 Å². The van der Waals surface area contributed by atoms with E-state index in [2.05, 4.69) is 51.1 Å². The molecule has 35 heavy (non-hydrogen) atoms. The topological polar surface area (TPSA) is 58.9 Å². The summed E-state index contributed by atoms with van der Waals surface area (Å²) in [6.45, 7) is 11.1. The van der Waals surface area contributed by atoms with E-state index in [0.717, 1.165) is 53.3 Å². The molecule has 2 unspecified atom stereocenters. The SMILES string of the molecule is C/C=C(\N=C(\c1ccc(CC(C)C(=O)O)cc1)C(C)CC)c1ccc(OCCCCCCC)cc1. The van der Waals surface area contributed by atoms with Crippen LogP contribution in [-0.2, 0) is 11.2 Å². The zero-order valence-corrected chi connectivity index (χ0v) is 22.2. The van der Waals surface area contributed by atoms with E-state index >= 15 is 0 Å². The van der Waals surface area contributed by atoms with E-state index in [1.807, 2.05) is 31.2 Å². The number of rotatable bonds is 15. The Kier molecular flexibility index (Phi) is 12.3. The summed E-state index contributed by atoms with van der Waals surface area (Å²) in [6.07, 6.45) is 9.72. The summed E-state index contributed by atoms with van der Waals surface area (Å²) in [5.74, 6) is 0.0318. The fourth-order valence-electron chi connectivity index (χ4n) is 3.95. The number of unbranched alkanes of at least 4 members (excludes halogenated alkanes) is 4. The molecule has 0 amide bonds. The molecule has 2 rings (SSSR count). The molecule has 190 valence electrons. The molecular weight excluding hydrogens is 434 g/mol. The van der Waals surface area contributed by atoms with Gasteiger partial charge in [0.1, 0.15) is 5.75 Å². The smallest absolute Gasteiger partial charge is 0.306 e. The highest BCUT2D eigenvalue weighted by Gasteiger charge is 2.15. The molecule has 0 heterocycles. The summed E-state index contributed by atoms with van der Waals surface area (Å²) >= 11 is 0. The largest absolute Gasteiger partial charge is 0.494 e. The number of carboxylic acid groups (broad SMARTS) is 1. The summed E-state index contributed by atoms with van der Waals surface area (Å²) in [4.78, 5) is 16.3. The van der Waals surface area contributed by atoms with Crippen molar-refractivity contribution in [3.05, 3.63) is 71.3 Å². The van der Waals surface area contributed by atoms with Crippen LogP contribution in [0.3, 0.4) is 0 Å². The summed E-state index contributed by atoms with van der Waals surface area (Å²) in [5, 5.41) is 9.19. The van der Waals surface area contributed by atoms with Crippen molar-refractivity contribution in [2.24, 2.45) is 16.8 Å². The molecule has 0 spiro atoms. The maximum absolute atomic E-state index is 11.2. The van der Waals surface area contributed by atoms with Gasteiger partial charge in [0.25, 0.3) is 0 Å². The van der Waals surface area contributed by atoms with Crippen molar-refractivity contribution in [3.63, 3.8) is 0 Å². The fourth-order valence-corrected chi connectivity index (χ4v) is 3.95. The van der Waals surface area contributed by atoms with Crippen molar-refractivity contribution in [3.8, 4) is 5.75 Å². The quantitative estimate of drug-likeness (QED) is 0.208. The van der Waals surface area contributed by atoms with Crippen molar-refractivity contribution in [2.45, 2.75) is 79.6 Å². The predicted octanol–water partition coefficient (Wildman–Crippen LogP) is 8.20. The second-order valence-electron chi connectivity index (χ2n) is 9.41. The molecule has 0 saturated heterocycles. The Balaban J connectivity index is 2.14. The molecule has 0 radical (unpaired) electrons. The molecular formula is C31H43NO3. The predicted molar refractivity (Wildman–Crippen MR) is 147 cm³/mol. The fraction of sp³-hybridized carbons (Fsp3) is 0.484. The average Bonchev–Trinajstić information content (AvgIpc) is 2.87. The van der Waals surface area contributed by atoms with Gasteiger partial charge < -0.3 is 9.84 Å². The Bertz CT molecular complexity index is 958. The summed E-state index contributed by atoms with van der Waals surface area (Å²) in [6, 6.07) is 16.4. The van der Waals surface area contributed by atoms with Gasteiger partial charge in [-0.3, -0.25) is 9.79 Å². The Morgan fingerprint density at radius 2 is 1.54 bits per heavy atom. The van der Waals surface area contributed by atoms with Crippen molar-refractivity contribution in [2.75, 3.05) is 6.61 Å². The molecule has 0 aliphatic carbocycles. The van der Waals surface area contributed by atoms with Crippen molar-refractivity contribution in [1.29, 1.82) is 0 Å². The number of ether oxygens (including phenoxy) is 1. The van der Waals surface area contributed by atoms with Gasteiger partial charge in [-0.1, -0.05) is 83.7 Å². The number of allylic oxidation sites excluding steroid dienone is 1. The minimum atomic E-state index is -0.767. The van der Waals surface area contributed by atoms with E-state index < -0.39 is 11.9 Å². The highest BCUT2D eigenvalue weighted by Crippen LogP contribution is 2.24. The maximum atomic E-state index is 11.2. The highest BCUT2D eigenvalue weighted by molar-refractivity contribution is 6.04. The maximum Gasteiger partial charge on any atom is 0.306 e. The zero-order valence-electron chi connectivity index (χ0n) is 22.2. The van der Waals surface area contributed by atoms with E-state index in [9.17, 15) is 9.90 Å². The second-order valence-corrected chi connectivity index (χ2v) is 9.41. The van der Waals surface area contributed by atoms with E-state index in [1.165, 1.54) is 25.7 Å². The number of benzene rings is 2. The Hall–Kier alpha value is -2.88. The number of carbonyl (C=O) groups is 1. The van der Waals surface area contributed by atoms with Gasteiger partial charge in [-0.25, -0.2) is 0 Å². The number of carboxylic acids is 1. The molecule has 2 aromatic rings. The molecule has 0 aromatic heterocycles. The number of aliphatic carboxylic acids is 1. The molecule has 1 N–H and O–H groups in total. The van der Waals surface area contributed by atoms with Crippen molar-refractivity contribution >= 4 is 17.4 Å². The normalized spacial score (nSPS) is 14.0. The van der Waals surface area contributed by atoms with Gasteiger partial charge in [-0.2, -0.15) is 0 Å². The highest BCUT2D eigenvalue weighted by atomic mass is 16.5. The first-order valence-corrected chi connectivity index (χ1v) is 13.2. The molecule has 2 aromatic carbocycles. The van der Waals surface area contributed by atoms with Gasteiger partial charge >= 0.3 is 5.97 Å². The van der Waals surface area contributed by atoms with E-state index in [0.29, 0.717) is 12.3 Å². The standard InChI is InChI=1S/C31H43NO3/c1-6-9-10-11-12-21-35-28-19-17-26(18-20-28)29(8-3)32-30(23(4)7-2)27-15-13-25(14-16-27)22-24(5)31(33)34/h8,13-20,23-24H,6-7,9-12,21-22H2,1-5H3,(H,33,34)/b29-8-,32-30+. The van der Waals surface area contributed by atoms with Gasteiger partial charge in [0.2, 0.25) is 0 Å². The van der Waals surface area contributed by atoms with E-state index in [-0.39, 0.29) is 0 Å². The summed E-state index contributed by atoms with van der Waals surface area (Å²) < 4.78 is 5.92. The van der Waals surface area contributed by atoms with Crippen molar-refractivity contribution < 1.29 is 14.6 Å². The first-order chi connectivity index (χ1) is 16.9.